The molecule has 0 spiro atoms. The van der Waals surface area contributed by atoms with Crippen molar-refractivity contribution >= 4 is 15.7 Å². The van der Waals surface area contributed by atoms with E-state index < -0.39 is 10.0 Å². The average molecular weight is 298 g/mol. The summed E-state index contributed by atoms with van der Waals surface area (Å²) in [7, 11) is -3.48. The van der Waals surface area contributed by atoms with Crippen molar-refractivity contribution in [1.29, 1.82) is 0 Å². The molecular weight excluding hydrogens is 272 g/mol. The van der Waals surface area contributed by atoms with Crippen molar-refractivity contribution in [3.63, 3.8) is 0 Å². The Morgan fingerprint density at radius 1 is 1.10 bits per heavy atom. The maximum Gasteiger partial charge on any atom is 0.245 e. The van der Waals surface area contributed by atoms with Gasteiger partial charge in [0.1, 0.15) is 4.90 Å². The van der Waals surface area contributed by atoms with Gasteiger partial charge in [-0.3, -0.25) is 0 Å². The minimum atomic E-state index is -3.48. The number of hydrogen-bond acceptors (Lipinski definition) is 3. The normalized spacial score (nSPS) is 12.0. The molecule has 0 aliphatic carbocycles. The molecule has 1 aromatic carbocycles. The van der Waals surface area contributed by atoms with Crippen LogP contribution in [0.3, 0.4) is 0 Å². The third kappa shape index (κ3) is 4.21. The van der Waals surface area contributed by atoms with Crippen LogP contribution in [0.1, 0.15) is 45.1 Å². The first-order chi connectivity index (χ1) is 9.43. The minimum Gasteiger partial charge on any atom is -0.398 e. The average Bonchev–Trinajstić information content (AvgIpc) is 2.38. The molecule has 4 nitrogen and oxygen atoms in total. The van der Waals surface area contributed by atoms with E-state index in [0.29, 0.717) is 18.8 Å². The topological polar surface area (TPSA) is 63.4 Å². The molecule has 2 N–H and O–H groups in total. The van der Waals surface area contributed by atoms with E-state index in [2.05, 4.69) is 13.8 Å². The van der Waals surface area contributed by atoms with Gasteiger partial charge in [-0.2, -0.15) is 4.31 Å². The standard InChI is InChI=1S/C15H26N2O2S/c1-4-6-10-17(11-7-5-2)20(18,19)15-9-8-13(3)12-14(15)16/h8-9,12H,4-7,10-11,16H2,1-3H3. The predicted molar refractivity (Wildman–Crippen MR) is 84.2 cm³/mol. The van der Waals surface area contributed by atoms with Crippen LogP contribution in [0.15, 0.2) is 23.1 Å². The molecule has 0 saturated carbocycles. The van der Waals surface area contributed by atoms with E-state index in [1.54, 1.807) is 22.5 Å². The maximum atomic E-state index is 12.7. The Morgan fingerprint density at radius 3 is 2.10 bits per heavy atom. The van der Waals surface area contributed by atoms with Gasteiger partial charge in [-0.1, -0.05) is 32.8 Å². The lowest BCUT2D eigenvalue weighted by molar-refractivity contribution is 0.395. The number of nitrogens with two attached hydrogens (primary N) is 1. The van der Waals surface area contributed by atoms with E-state index in [0.717, 1.165) is 31.2 Å². The highest BCUT2D eigenvalue weighted by Gasteiger charge is 2.25. The SMILES string of the molecule is CCCCN(CCCC)S(=O)(=O)c1ccc(C)cc1N. The van der Waals surface area contributed by atoms with Gasteiger partial charge in [0.2, 0.25) is 10.0 Å². The molecule has 0 bridgehead atoms. The Balaban J connectivity index is 3.07. The molecular formula is C15H26N2O2S. The highest BCUT2D eigenvalue weighted by atomic mass is 32.2. The first-order valence-electron chi connectivity index (χ1n) is 7.29. The molecule has 0 amide bonds. The molecule has 0 unspecified atom stereocenters. The van der Waals surface area contributed by atoms with E-state index in [9.17, 15) is 8.42 Å². The minimum absolute atomic E-state index is 0.232. The van der Waals surface area contributed by atoms with Gasteiger partial charge < -0.3 is 5.73 Å². The summed E-state index contributed by atoms with van der Waals surface area (Å²) in [5.41, 5.74) is 7.20. The second-order valence-corrected chi connectivity index (χ2v) is 7.06. The molecule has 0 radical (unpaired) electrons. The number of nitrogen functional groups attached to an aromatic ring is 1. The second kappa shape index (κ2) is 7.64. The summed E-state index contributed by atoms with van der Waals surface area (Å²) in [6, 6.07) is 5.12. The van der Waals surface area contributed by atoms with Crippen molar-refractivity contribution in [1.82, 2.24) is 4.31 Å². The van der Waals surface area contributed by atoms with Crippen LogP contribution >= 0.6 is 0 Å². The van der Waals surface area contributed by atoms with E-state index in [-0.39, 0.29) is 4.90 Å². The Kier molecular flexibility index (Phi) is 6.49. The summed E-state index contributed by atoms with van der Waals surface area (Å²) in [4.78, 5) is 0.232. The van der Waals surface area contributed by atoms with Crippen LogP contribution in [0.25, 0.3) is 0 Å². The van der Waals surface area contributed by atoms with Gasteiger partial charge in [0.05, 0.1) is 5.69 Å². The largest absolute Gasteiger partial charge is 0.398 e. The fourth-order valence-corrected chi connectivity index (χ4v) is 3.68. The molecule has 20 heavy (non-hydrogen) atoms. The van der Waals surface area contributed by atoms with Crippen molar-refractivity contribution in [3.05, 3.63) is 23.8 Å². The lowest BCUT2D eigenvalue weighted by Gasteiger charge is -2.22. The molecule has 114 valence electrons. The molecule has 0 atom stereocenters. The highest BCUT2D eigenvalue weighted by molar-refractivity contribution is 7.89. The number of aryl methyl sites for hydroxylation is 1. The van der Waals surface area contributed by atoms with Crippen LogP contribution < -0.4 is 5.73 Å². The van der Waals surface area contributed by atoms with Gasteiger partial charge in [-0.15, -0.1) is 0 Å². The van der Waals surface area contributed by atoms with Crippen molar-refractivity contribution in [2.45, 2.75) is 51.3 Å². The molecule has 1 rings (SSSR count). The van der Waals surface area contributed by atoms with E-state index in [1.807, 2.05) is 6.92 Å². The summed E-state index contributed by atoms with van der Waals surface area (Å²) < 4.78 is 27.0. The van der Waals surface area contributed by atoms with Crippen LogP contribution in [0.5, 0.6) is 0 Å². The monoisotopic (exact) mass is 298 g/mol. The van der Waals surface area contributed by atoms with Crippen molar-refractivity contribution < 1.29 is 8.42 Å². The number of hydrogen-bond donors (Lipinski definition) is 1. The molecule has 0 aliphatic heterocycles. The zero-order valence-electron chi connectivity index (χ0n) is 12.7. The zero-order chi connectivity index (χ0) is 15.2. The maximum absolute atomic E-state index is 12.7. The number of unbranched alkanes of at least 4 members (excludes halogenated alkanes) is 2. The van der Waals surface area contributed by atoms with Crippen LogP contribution in [-0.4, -0.2) is 25.8 Å². The fraction of sp³-hybridized carbons (Fsp3) is 0.600. The van der Waals surface area contributed by atoms with Gasteiger partial charge in [0.15, 0.2) is 0 Å². The summed E-state index contributed by atoms with van der Waals surface area (Å²) in [6.07, 6.45) is 3.69. The van der Waals surface area contributed by atoms with Crippen LogP contribution in [0, 0.1) is 6.92 Å². The molecule has 1 aromatic rings. The third-order valence-corrected chi connectivity index (χ3v) is 5.28. The van der Waals surface area contributed by atoms with Gasteiger partial charge in [-0.05, 0) is 37.5 Å². The third-order valence-electron chi connectivity index (χ3n) is 3.31. The molecule has 0 heterocycles. The summed E-state index contributed by atoms with van der Waals surface area (Å²) in [5.74, 6) is 0. The van der Waals surface area contributed by atoms with Gasteiger partial charge in [0.25, 0.3) is 0 Å². The van der Waals surface area contributed by atoms with Crippen molar-refractivity contribution in [2.75, 3.05) is 18.8 Å². The number of benzene rings is 1. The lowest BCUT2D eigenvalue weighted by Crippen LogP contribution is -2.33. The Bertz CT molecular complexity index is 519. The van der Waals surface area contributed by atoms with Crippen molar-refractivity contribution in [3.8, 4) is 0 Å². The molecule has 0 aliphatic rings. The number of sulfonamides is 1. The van der Waals surface area contributed by atoms with Crippen LogP contribution in [-0.2, 0) is 10.0 Å². The molecule has 0 aromatic heterocycles. The predicted octanol–water partition coefficient (Wildman–Crippen LogP) is 3.17. The zero-order valence-corrected chi connectivity index (χ0v) is 13.5. The van der Waals surface area contributed by atoms with E-state index >= 15 is 0 Å². The Labute approximate surface area is 123 Å². The summed E-state index contributed by atoms with van der Waals surface area (Å²) in [5, 5.41) is 0. The van der Waals surface area contributed by atoms with Crippen molar-refractivity contribution in [2.24, 2.45) is 0 Å². The van der Waals surface area contributed by atoms with Gasteiger partial charge in [0, 0.05) is 13.1 Å². The van der Waals surface area contributed by atoms with Crippen LogP contribution in [0.2, 0.25) is 0 Å². The summed E-state index contributed by atoms with van der Waals surface area (Å²) in [6.45, 7) is 7.15. The number of anilines is 1. The molecule has 0 saturated heterocycles. The second-order valence-electron chi connectivity index (χ2n) is 5.15. The first kappa shape index (κ1) is 17.0. The quantitative estimate of drug-likeness (QED) is 0.750. The Hall–Kier alpha value is -1.07. The fourth-order valence-electron chi connectivity index (χ4n) is 2.06. The highest BCUT2D eigenvalue weighted by Crippen LogP contribution is 2.24. The number of rotatable bonds is 8. The first-order valence-corrected chi connectivity index (χ1v) is 8.73. The smallest absolute Gasteiger partial charge is 0.245 e. The molecule has 0 fully saturated rings. The van der Waals surface area contributed by atoms with E-state index in [1.165, 1.54) is 0 Å². The molecule has 5 heteroatoms. The summed E-state index contributed by atoms with van der Waals surface area (Å²) >= 11 is 0. The number of nitrogens with zero attached hydrogens (tertiary/aromatic N) is 1. The van der Waals surface area contributed by atoms with E-state index in [4.69, 9.17) is 5.73 Å². The van der Waals surface area contributed by atoms with Gasteiger partial charge >= 0.3 is 0 Å². The van der Waals surface area contributed by atoms with Gasteiger partial charge in [-0.25, -0.2) is 8.42 Å². The Morgan fingerprint density at radius 2 is 1.65 bits per heavy atom. The van der Waals surface area contributed by atoms with Crippen LogP contribution in [0.4, 0.5) is 5.69 Å². The lowest BCUT2D eigenvalue weighted by atomic mass is 10.2.